The smallest absolute Gasteiger partial charge is 0.296 e. The van der Waals surface area contributed by atoms with E-state index < -0.39 is 11.7 Å². The predicted octanol–water partition coefficient (Wildman–Crippen LogP) is 1.32. The lowest BCUT2D eigenvalue weighted by atomic mass is 10.0. The molecule has 1 saturated heterocycles. The first-order valence-electron chi connectivity index (χ1n) is 4.55. The first-order chi connectivity index (χ1) is 6.29. The third-order valence-electron chi connectivity index (χ3n) is 1.85. The molecule has 0 saturated carbocycles. The molecule has 0 bridgehead atoms. The average Bonchev–Trinajstić information content (AvgIpc) is 2.47. The van der Waals surface area contributed by atoms with Crippen molar-refractivity contribution in [1.82, 2.24) is 5.32 Å². The van der Waals surface area contributed by atoms with E-state index in [1.54, 1.807) is 0 Å². The summed E-state index contributed by atoms with van der Waals surface area (Å²) >= 11 is 0. The number of ketones is 1. The van der Waals surface area contributed by atoms with Crippen LogP contribution < -0.4 is 5.32 Å². The van der Waals surface area contributed by atoms with Gasteiger partial charge in [-0.05, 0) is 12.8 Å². The molecule has 2 aliphatic rings. The Morgan fingerprint density at radius 3 is 2.38 bits per heavy atom. The molecule has 0 aromatic carbocycles. The maximum absolute atomic E-state index is 11.0. The van der Waals surface area contributed by atoms with E-state index in [1.165, 1.54) is 0 Å². The molecule has 13 heavy (non-hydrogen) atoms. The van der Waals surface area contributed by atoms with Crippen molar-refractivity contribution in [3.8, 4) is 0 Å². The predicted molar refractivity (Wildman–Crippen MR) is 49.9 cm³/mol. The topological polar surface area (TPSA) is 46.2 Å². The van der Waals surface area contributed by atoms with Gasteiger partial charge in [0, 0.05) is 11.3 Å². The van der Waals surface area contributed by atoms with Gasteiger partial charge in [-0.1, -0.05) is 26.0 Å². The van der Waals surface area contributed by atoms with Crippen LogP contribution in [-0.4, -0.2) is 11.7 Å². The van der Waals surface area contributed by atoms with Crippen molar-refractivity contribution < 1.29 is 9.59 Å². The zero-order chi connectivity index (χ0) is 9.84. The Morgan fingerprint density at radius 1 is 1.15 bits per heavy atom. The van der Waals surface area contributed by atoms with E-state index >= 15 is 0 Å². The monoisotopic (exact) mass is 179 g/mol. The molecule has 1 N–H and O–H groups in total. The third kappa shape index (κ3) is 1.69. The summed E-state index contributed by atoms with van der Waals surface area (Å²) in [6.45, 7) is 4.00. The quantitative estimate of drug-likeness (QED) is 0.570. The van der Waals surface area contributed by atoms with Crippen LogP contribution in [0.3, 0.4) is 0 Å². The van der Waals surface area contributed by atoms with Crippen molar-refractivity contribution >= 4 is 11.7 Å². The summed E-state index contributed by atoms with van der Waals surface area (Å²) in [6.07, 6.45) is 5.47. The second kappa shape index (κ2) is 4.03. The highest BCUT2D eigenvalue weighted by Gasteiger charge is 2.31. The zero-order valence-corrected chi connectivity index (χ0v) is 7.89. The molecular weight excluding hydrogens is 166 g/mol. The van der Waals surface area contributed by atoms with E-state index in [9.17, 15) is 9.59 Å². The molecule has 1 heterocycles. The number of Topliss-reactive ketones (excluding diaryl/α,β-unsaturated/α-hetero) is 1. The fraction of sp³-hybridized carbons (Fsp3) is 0.400. The molecular formula is C10H13NO2. The Bertz CT molecular complexity index is 300. The van der Waals surface area contributed by atoms with Crippen LogP contribution in [0.5, 0.6) is 0 Å². The van der Waals surface area contributed by atoms with Gasteiger partial charge in [-0.3, -0.25) is 9.59 Å². The van der Waals surface area contributed by atoms with Gasteiger partial charge in [-0.15, -0.1) is 0 Å². The van der Waals surface area contributed by atoms with Crippen LogP contribution in [0.1, 0.15) is 26.7 Å². The van der Waals surface area contributed by atoms with Crippen LogP contribution in [0, 0.1) is 0 Å². The van der Waals surface area contributed by atoms with Crippen molar-refractivity contribution in [2.24, 2.45) is 0 Å². The van der Waals surface area contributed by atoms with Gasteiger partial charge in [0.1, 0.15) is 0 Å². The van der Waals surface area contributed by atoms with Crippen LogP contribution in [0.15, 0.2) is 23.4 Å². The number of nitrogens with one attached hydrogen (secondary N) is 1. The second-order valence-corrected chi connectivity index (χ2v) is 2.60. The van der Waals surface area contributed by atoms with E-state index in [0.29, 0.717) is 11.3 Å². The molecule has 0 unspecified atom stereocenters. The Morgan fingerprint density at radius 2 is 1.77 bits per heavy atom. The van der Waals surface area contributed by atoms with Crippen molar-refractivity contribution in [1.29, 1.82) is 0 Å². The van der Waals surface area contributed by atoms with Gasteiger partial charge in [-0.25, -0.2) is 0 Å². The first kappa shape index (κ1) is 9.71. The fourth-order valence-electron chi connectivity index (χ4n) is 1.31. The normalized spacial score (nSPS) is 19.2. The van der Waals surface area contributed by atoms with Gasteiger partial charge in [-0.2, -0.15) is 0 Å². The number of amides is 1. The minimum atomic E-state index is -0.496. The number of hydrogen-bond acceptors (Lipinski definition) is 2. The third-order valence-corrected chi connectivity index (χ3v) is 1.85. The van der Waals surface area contributed by atoms with Crippen LogP contribution >= 0.6 is 0 Å². The summed E-state index contributed by atoms with van der Waals surface area (Å²) in [7, 11) is 0. The lowest BCUT2D eigenvalue weighted by Gasteiger charge is -2.03. The molecule has 3 heteroatoms. The number of rotatable bonds is 0. The largest absolute Gasteiger partial charge is 0.319 e. The highest BCUT2D eigenvalue weighted by Crippen LogP contribution is 2.21. The van der Waals surface area contributed by atoms with Crippen molar-refractivity contribution in [2.45, 2.75) is 26.7 Å². The molecule has 0 spiro atoms. The molecule has 1 aliphatic carbocycles. The van der Waals surface area contributed by atoms with Crippen LogP contribution in [0.25, 0.3) is 0 Å². The molecule has 1 aliphatic heterocycles. The summed E-state index contributed by atoms with van der Waals surface area (Å²) in [5.41, 5.74) is 1.26. The molecule has 0 radical (unpaired) electrons. The molecule has 0 aromatic heterocycles. The summed E-state index contributed by atoms with van der Waals surface area (Å²) in [5, 5.41) is 2.51. The van der Waals surface area contributed by atoms with E-state index in [2.05, 4.69) is 5.32 Å². The molecule has 1 amide bonds. The second-order valence-electron chi connectivity index (χ2n) is 2.60. The van der Waals surface area contributed by atoms with Gasteiger partial charge in [0.2, 0.25) is 0 Å². The Hall–Kier alpha value is -1.38. The van der Waals surface area contributed by atoms with Crippen LogP contribution in [-0.2, 0) is 9.59 Å². The standard InChI is InChI=1S/C8H7NO2.C2H6/c10-7-5-3-1-2-4-6(5)9-8(7)11;1-2/h3-4H,1-2H2,(H,9,11);1-2H3. The number of fused-ring (bicyclic) bond motifs is 1. The van der Waals surface area contributed by atoms with Crippen LogP contribution in [0.2, 0.25) is 0 Å². The van der Waals surface area contributed by atoms with Gasteiger partial charge in [0.05, 0.1) is 0 Å². The highest BCUT2D eigenvalue weighted by molar-refractivity contribution is 6.47. The average molecular weight is 179 g/mol. The molecule has 0 atom stereocenters. The zero-order valence-electron chi connectivity index (χ0n) is 7.89. The number of carbonyl (C=O) groups is 2. The van der Waals surface area contributed by atoms with Crippen LogP contribution in [0.4, 0.5) is 0 Å². The summed E-state index contributed by atoms with van der Waals surface area (Å²) in [6, 6.07) is 0. The van der Waals surface area contributed by atoms with Crippen molar-refractivity contribution in [2.75, 3.05) is 0 Å². The Balaban J connectivity index is 0.000000396. The Labute approximate surface area is 77.5 Å². The lowest BCUT2D eigenvalue weighted by Crippen LogP contribution is -2.17. The van der Waals surface area contributed by atoms with Crippen molar-refractivity contribution in [3.63, 3.8) is 0 Å². The minimum absolute atomic E-state index is 0.393. The molecule has 1 fully saturated rings. The van der Waals surface area contributed by atoms with Crippen molar-refractivity contribution in [3.05, 3.63) is 23.4 Å². The van der Waals surface area contributed by atoms with Gasteiger partial charge < -0.3 is 5.32 Å². The summed E-state index contributed by atoms with van der Waals surface area (Å²) in [4.78, 5) is 21.8. The first-order valence-corrected chi connectivity index (χ1v) is 4.55. The summed E-state index contributed by atoms with van der Waals surface area (Å²) in [5.74, 6) is -0.889. The SMILES string of the molecule is CC.O=C1NC2=CCCC=C2C1=O. The lowest BCUT2D eigenvalue weighted by molar-refractivity contribution is -0.133. The number of hydrogen-bond donors (Lipinski definition) is 1. The van der Waals surface area contributed by atoms with E-state index in [4.69, 9.17) is 0 Å². The molecule has 3 nitrogen and oxygen atoms in total. The fourth-order valence-corrected chi connectivity index (χ4v) is 1.31. The summed E-state index contributed by atoms with van der Waals surface area (Å²) < 4.78 is 0. The maximum Gasteiger partial charge on any atom is 0.296 e. The minimum Gasteiger partial charge on any atom is -0.319 e. The molecule has 0 aromatic rings. The van der Waals surface area contributed by atoms with E-state index in [1.807, 2.05) is 26.0 Å². The number of allylic oxidation sites excluding steroid dienone is 3. The highest BCUT2D eigenvalue weighted by atomic mass is 16.2. The van der Waals surface area contributed by atoms with E-state index in [0.717, 1.165) is 12.8 Å². The molecule has 70 valence electrons. The Kier molecular flexibility index (Phi) is 3.01. The van der Waals surface area contributed by atoms with Gasteiger partial charge >= 0.3 is 0 Å². The van der Waals surface area contributed by atoms with Gasteiger partial charge in [0.15, 0.2) is 0 Å². The maximum atomic E-state index is 11.0. The molecule has 2 rings (SSSR count). The number of carbonyl (C=O) groups excluding carboxylic acids is 2. The van der Waals surface area contributed by atoms with Gasteiger partial charge in [0.25, 0.3) is 11.7 Å². The van der Waals surface area contributed by atoms with E-state index in [-0.39, 0.29) is 0 Å².